The first-order valence-electron chi connectivity index (χ1n) is 3.56. The van der Waals surface area contributed by atoms with Crippen molar-refractivity contribution >= 4 is 24.3 Å². The summed E-state index contributed by atoms with van der Waals surface area (Å²) < 4.78 is 0. The van der Waals surface area contributed by atoms with Crippen LogP contribution in [0.5, 0.6) is 0 Å². The van der Waals surface area contributed by atoms with Crippen LogP contribution in [0, 0.1) is 0 Å². The fraction of sp³-hybridized carbons (Fsp3) is 0.429. The minimum absolute atomic E-state index is 0.213. The summed E-state index contributed by atoms with van der Waals surface area (Å²) in [6.07, 6.45) is 2.19. The molecular weight excluding hydrogens is 204 g/mol. The maximum Gasteiger partial charge on any atom is 0.237 e. The molecule has 0 aromatic rings. The van der Waals surface area contributed by atoms with Gasteiger partial charge in [0.15, 0.2) is 12.3 Å². The zero-order valence-electron chi connectivity index (χ0n) is 7.28. The van der Waals surface area contributed by atoms with Crippen LogP contribution in [0.2, 0.25) is 0 Å². The molecule has 0 amide bonds. The number of hydrogen-bond acceptors (Lipinski definition) is 8. The van der Waals surface area contributed by atoms with E-state index in [1.807, 2.05) is 0 Å². The number of rotatable bonds is 6. The Morgan fingerprint density at radius 2 is 0.933 bits per heavy atom. The Balaban J connectivity index is 4.73. The van der Waals surface area contributed by atoms with Gasteiger partial charge in [-0.15, -0.1) is 0 Å². The predicted octanol–water partition coefficient (Wildman–Crippen LogP) is -0.628. The molecule has 0 unspecified atom stereocenters. The molecule has 0 rings (SSSR count). The van der Waals surface area contributed by atoms with Crippen LogP contribution in [0.4, 0.5) is 0 Å². The van der Waals surface area contributed by atoms with Gasteiger partial charge in [-0.25, -0.2) is 19.2 Å². The first-order chi connectivity index (χ1) is 7.28. The molecule has 0 spiro atoms. The van der Waals surface area contributed by atoms with Crippen molar-refractivity contribution in [3.05, 3.63) is 0 Å². The van der Waals surface area contributed by atoms with Gasteiger partial charge in [0.2, 0.25) is 24.3 Å². The molecule has 8 nitrogen and oxygen atoms in total. The lowest BCUT2D eigenvalue weighted by Gasteiger charge is -2.04. The minimum atomic E-state index is -1.13. The largest absolute Gasteiger partial charge is 0.237 e. The molecule has 0 saturated heterocycles. The van der Waals surface area contributed by atoms with Crippen LogP contribution in [0.1, 0.15) is 6.42 Å². The number of hydrogen-bond donors (Lipinski definition) is 0. The molecule has 8 heteroatoms. The number of nitrogens with zero attached hydrogens (tertiary/aromatic N) is 4. The van der Waals surface area contributed by atoms with Crippen molar-refractivity contribution in [2.24, 2.45) is 20.0 Å². The third-order valence-electron chi connectivity index (χ3n) is 1.23. The zero-order valence-corrected chi connectivity index (χ0v) is 7.28. The summed E-state index contributed by atoms with van der Waals surface area (Å²) in [4.78, 5) is 52.0. The van der Waals surface area contributed by atoms with E-state index in [9.17, 15) is 19.2 Å². The van der Waals surface area contributed by atoms with Gasteiger partial charge in [0.25, 0.3) is 0 Å². The lowest BCUT2D eigenvalue weighted by molar-refractivity contribution is 0.508. The van der Waals surface area contributed by atoms with Gasteiger partial charge in [-0.3, -0.25) is 0 Å². The Labute approximate surface area is 83.2 Å². The monoisotopic (exact) mass is 208 g/mol. The number of carbonyl (C=O) groups excluding carboxylic acids is 4. The molecule has 0 saturated carbocycles. The molecule has 0 aliphatic rings. The topological polar surface area (TPSA) is 118 Å². The molecule has 0 N–H and O–H groups in total. The van der Waals surface area contributed by atoms with Crippen LogP contribution in [-0.4, -0.2) is 36.7 Å². The Morgan fingerprint density at radius 1 is 0.667 bits per heavy atom. The summed E-state index contributed by atoms with van der Waals surface area (Å²) >= 11 is 0. The fourth-order valence-corrected chi connectivity index (χ4v) is 0.700. The molecule has 0 atom stereocenters. The van der Waals surface area contributed by atoms with Crippen molar-refractivity contribution in [3.8, 4) is 0 Å². The van der Waals surface area contributed by atoms with E-state index in [0.29, 0.717) is 0 Å². The normalized spacial score (nSPS) is 11.7. The van der Waals surface area contributed by atoms with Crippen molar-refractivity contribution in [1.29, 1.82) is 0 Å². The van der Waals surface area contributed by atoms with Gasteiger partial charge in [-0.2, -0.15) is 20.0 Å². The van der Waals surface area contributed by atoms with Crippen molar-refractivity contribution in [2.75, 3.05) is 0 Å². The van der Waals surface area contributed by atoms with Gasteiger partial charge in [-0.05, 0) is 0 Å². The lowest BCUT2D eigenvalue weighted by Crippen LogP contribution is -2.11. The Hall–Kier alpha value is -2.48. The average Bonchev–Trinajstić information content (AvgIpc) is 2.19. The van der Waals surface area contributed by atoms with E-state index in [0.717, 1.165) is 24.3 Å². The van der Waals surface area contributed by atoms with Crippen LogP contribution >= 0.6 is 0 Å². The highest BCUT2D eigenvalue weighted by Gasteiger charge is 2.13. The van der Waals surface area contributed by atoms with Crippen LogP contribution in [-0.2, 0) is 19.2 Å². The third kappa shape index (κ3) is 5.71. The molecule has 0 aliphatic heterocycles. The second kappa shape index (κ2) is 8.13. The number of isocyanates is 4. The van der Waals surface area contributed by atoms with E-state index in [4.69, 9.17) is 0 Å². The molecule has 0 bridgehead atoms. The Bertz CT molecular complexity index is 321. The van der Waals surface area contributed by atoms with E-state index in [1.54, 1.807) is 0 Å². The molecule has 0 radical (unpaired) electrons. The van der Waals surface area contributed by atoms with Crippen molar-refractivity contribution < 1.29 is 19.2 Å². The number of aliphatic imine (C=N–C) groups is 4. The standard InChI is InChI=1S/C7H4N4O4/c12-2-8-6(9-3-13)1-7(10-4-14)11-5-15/h6-7H,1H2. The van der Waals surface area contributed by atoms with E-state index >= 15 is 0 Å². The lowest BCUT2D eigenvalue weighted by atomic mass is 10.3. The molecule has 0 aromatic carbocycles. The van der Waals surface area contributed by atoms with E-state index in [1.165, 1.54) is 0 Å². The van der Waals surface area contributed by atoms with E-state index in [-0.39, 0.29) is 6.42 Å². The van der Waals surface area contributed by atoms with E-state index in [2.05, 4.69) is 20.0 Å². The van der Waals surface area contributed by atoms with Crippen LogP contribution in [0.3, 0.4) is 0 Å². The molecule has 15 heavy (non-hydrogen) atoms. The molecule has 0 aromatic heterocycles. The SMILES string of the molecule is O=C=NC(CC(N=C=O)N=C=O)N=C=O. The molecular formula is C7H4N4O4. The molecule has 76 valence electrons. The summed E-state index contributed by atoms with van der Waals surface area (Å²) in [6.45, 7) is 0. The highest BCUT2D eigenvalue weighted by atomic mass is 16.1. The Morgan fingerprint density at radius 3 is 1.13 bits per heavy atom. The van der Waals surface area contributed by atoms with Gasteiger partial charge in [0, 0.05) is 6.42 Å². The molecule has 0 fully saturated rings. The fourth-order valence-electron chi connectivity index (χ4n) is 0.700. The zero-order chi connectivity index (χ0) is 11.5. The second-order valence-corrected chi connectivity index (χ2v) is 2.08. The smallest absolute Gasteiger partial charge is 0.211 e. The van der Waals surface area contributed by atoms with Crippen molar-refractivity contribution in [2.45, 2.75) is 18.8 Å². The molecule has 0 aliphatic carbocycles. The maximum absolute atomic E-state index is 9.89. The van der Waals surface area contributed by atoms with Crippen LogP contribution in [0.15, 0.2) is 20.0 Å². The minimum Gasteiger partial charge on any atom is -0.211 e. The van der Waals surface area contributed by atoms with Gasteiger partial charge in [-0.1, -0.05) is 0 Å². The van der Waals surface area contributed by atoms with Gasteiger partial charge in [0.1, 0.15) is 0 Å². The van der Waals surface area contributed by atoms with Crippen molar-refractivity contribution in [3.63, 3.8) is 0 Å². The maximum atomic E-state index is 9.89. The Kier molecular flexibility index (Phi) is 6.79. The summed E-state index contributed by atoms with van der Waals surface area (Å²) in [6, 6.07) is 0. The summed E-state index contributed by atoms with van der Waals surface area (Å²) in [5.41, 5.74) is 0. The van der Waals surface area contributed by atoms with Crippen LogP contribution < -0.4 is 0 Å². The molecule has 0 heterocycles. The van der Waals surface area contributed by atoms with Crippen molar-refractivity contribution in [1.82, 2.24) is 0 Å². The van der Waals surface area contributed by atoms with Crippen LogP contribution in [0.25, 0.3) is 0 Å². The average molecular weight is 208 g/mol. The van der Waals surface area contributed by atoms with E-state index < -0.39 is 12.3 Å². The van der Waals surface area contributed by atoms with Gasteiger partial charge in [0.05, 0.1) is 0 Å². The van der Waals surface area contributed by atoms with Gasteiger partial charge >= 0.3 is 0 Å². The third-order valence-corrected chi connectivity index (χ3v) is 1.23. The quantitative estimate of drug-likeness (QED) is 0.426. The van der Waals surface area contributed by atoms with Gasteiger partial charge < -0.3 is 0 Å². The summed E-state index contributed by atoms with van der Waals surface area (Å²) in [5, 5.41) is 0. The first kappa shape index (κ1) is 12.5. The predicted molar refractivity (Wildman–Crippen MR) is 44.7 cm³/mol. The first-order valence-corrected chi connectivity index (χ1v) is 3.56. The highest BCUT2D eigenvalue weighted by molar-refractivity contribution is 5.38. The highest BCUT2D eigenvalue weighted by Crippen LogP contribution is 2.07. The summed E-state index contributed by atoms with van der Waals surface area (Å²) in [5.74, 6) is 0. The second-order valence-electron chi connectivity index (χ2n) is 2.08. The summed E-state index contributed by atoms with van der Waals surface area (Å²) in [7, 11) is 0.